The maximum absolute atomic E-state index is 11.1. The predicted molar refractivity (Wildman–Crippen MR) is 67.0 cm³/mol. The Morgan fingerprint density at radius 3 is 3.06 bits per heavy atom. The lowest BCUT2D eigenvalue weighted by atomic mass is 10.1. The number of ether oxygens (including phenoxy) is 1. The molecule has 2 rings (SSSR count). The molecule has 90 valence electrons. The fourth-order valence-electron chi connectivity index (χ4n) is 1.82. The van der Waals surface area contributed by atoms with Crippen LogP contribution in [0.25, 0.3) is 10.9 Å². The minimum absolute atomic E-state index is 0.354. The Balaban J connectivity index is 1.93. The smallest absolute Gasteiger partial charge is 0.407 e. The number of hydrogen-bond acceptors (Lipinski definition) is 2. The predicted octanol–water partition coefficient (Wildman–Crippen LogP) is 2.46. The van der Waals surface area contributed by atoms with Crippen LogP contribution in [0.3, 0.4) is 0 Å². The first-order valence-electron chi connectivity index (χ1n) is 5.77. The molecule has 0 aliphatic carbocycles. The van der Waals surface area contributed by atoms with Gasteiger partial charge in [0.25, 0.3) is 0 Å². The van der Waals surface area contributed by atoms with Crippen molar-refractivity contribution >= 4 is 17.0 Å². The Morgan fingerprint density at radius 1 is 1.41 bits per heavy atom. The van der Waals surface area contributed by atoms with E-state index < -0.39 is 0 Å². The summed E-state index contributed by atoms with van der Waals surface area (Å²) < 4.78 is 4.79. The molecule has 0 aliphatic rings. The highest BCUT2D eigenvalue weighted by Crippen LogP contribution is 2.17. The third-order valence-corrected chi connectivity index (χ3v) is 2.61. The summed E-state index contributed by atoms with van der Waals surface area (Å²) in [5.41, 5.74) is 2.33. The molecule has 0 spiro atoms. The second-order valence-electron chi connectivity index (χ2n) is 3.76. The fourth-order valence-corrected chi connectivity index (χ4v) is 1.82. The van der Waals surface area contributed by atoms with Crippen LogP contribution in [0.1, 0.15) is 12.5 Å². The molecule has 0 saturated heterocycles. The monoisotopic (exact) mass is 232 g/mol. The number of carbonyl (C=O) groups excluding carboxylic acids is 1. The molecular formula is C13H16N2O2. The van der Waals surface area contributed by atoms with Crippen LogP contribution in [0, 0.1) is 0 Å². The van der Waals surface area contributed by atoms with E-state index in [9.17, 15) is 4.79 Å². The van der Waals surface area contributed by atoms with E-state index in [2.05, 4.69) is 16.4 Å². The fraction of sp³-hybridized carbons (Fsp3) is 0.308. The van der Waals surface area contributed by atoms with Crippen molar-refractivity contribution in [1.29, 1.82) is 0 Å². The lowest BCUT2D eigenvalue weighted by molar-refractivity contribution is 0.152. The molecule has 2 aromatic rings. The van der Waals surface area contributed by atoms with Crippen molar-refractivity contribution in [3.63, 3.8) is 0 Å². The van der Waals surface area contributed by atoms with Gasteiger partial charge in [-0.2, -0.15) is 0 Å². The molecule has 4 nitrogen and oxygen atoms in total. The number of amides is 1. The molecule has 0 aliphatic heterocycles. The number of alkyl carbamates (subject to hydrolysis) is 1. The van der Waals surface area contributed by atoms with Crippen LogP contribution in [0.4, 0.5) is 4.79 Å². The minimum atomic E-state index is -0.354. The summed E-state index contributed by atoms with van der Waals surface area (Å²) in [7, 11) is 0. The summed E-state index contributed by atoms with van der Waals surface area (Å²) in [4.78, 5) is 14.3. The zero-order valence-corrected chi connectivity index (χ0v) is 9.82. The molecule has 0 radical (unpaired) electrons. The second kappa shape index (κ2) is 5.39. The number of hydrogen-bond donors (Lipinski definition) is 2. The zero-order chi connectivity index (χ0) is 12.1. The number of rotatable bonds is 4. The van der Waals surface area contributed by atoms with E-state index in [4.69, 9.17) is 4.74 Å². The Kier molecular flexibility index (Phi) is 3.65. The quantitative estimate of drug-likeness (QED) is 0.850. The van der Waals surface area contributed by atoms with Crippen LogP contribution < -0.4 is 5.32 Å². The highest BCUT2D eigenvalue weighted by molar-refractivity contribution is 5.83. The number of para-hydroxylation sites is 1. The van der Waals surface area contributed by atoms with Crippen molar-refractivity contribution in [2.45, 2.75) is 13.3 Å². The number of aromatic nitrogens is 1. The van der Waals surface area contributed by atoms with E-state index in [1.807, 2.05) is 24.4 Å². The molecule has 17 heavy (non-hydrogen) atoms. The van der Waals surface area contributed by atoms with E-state index in [1.165, 1.54) is 10.9 Å². The van der Waals surface area contributed by atoms with Crippen LogP contribution in [-0.4, -0.2) is 24.2 Å². The van der Waals surface area contributed by atoms with Crippen molar-refractivity contribution in [1.82, 2.24) is 10.3 Å². The molecule has 1 aromatic heterocycles. The molecule has 0 unspecified atom stereocenters. The van der Waals surface area contributed by atoms with Gasteiger partial charge in [0.2, 0.25) is 0 Å². The van der Waals surface area contributed by atoms with Crippen LogP contribution in [0.15, 0.2) is 30.5 Å². The van der Waals surface area contributed by atoms with Gasteiger partial charge in [0.15, 0.2) is 0 Å². The van der Waals surface area contributed by atoms with Gasteiger partial charge in [0.05, 0.1) is 6.61 Å². The van der Waals surface area contributed by atoms with E-state index in [0.717, 1.165) is 11.9 Å². The molecule has 2 N–H and O–H groups in total. The minimum Gasteiger partial charge on any atom is -0.450 e. The SMILES string of the molecule is CCOC(=O)NCCc1c[nH]c2ccccc12. The molecule has 0 fully saturated rings. The lowest BCUT2D eigenvalue weighted by Crippen LogP contribution is -2.26. The van der Waals surface area contributed by atoms with Crippen LogP contribution >= 0.6 is 0 Å². The summed E-state index contributed by atoms with van der Waals surface area (Å²) >= 11 is 0. The maximum Gasteiger partial charge on any atom is 0.407 e. The van der Waals surface area contributed by atoms with Gasteiger partial charge >= 0.3 is 6.09 Å². The lowest BCUT2D eigenvalue weighted by Gasteiger charge is -2.04. The first-order valence-corrected chi connectivity index (χ1v) is 5.77. The van der Waals surface area contributed by atoms with E-state index >= 15 is 0 Å². The largest absolute Gasteiger partial charge is 0.450 e. The molecule has 1 heterocycles. The summed E-state index contributed by atoms with van der Waals surface area (Å²) in [5, 5.41) is 3.92. The van der Waals surface area contributed by atoms with Gasteiger partial charge in [0, 0.05) is 23.6 Å². The summed E-state index contributed by atoms with van der Waals surface area (Å²) in [6.45, 7) is 2.78. The van der Waals surface area contributed by atoms with Crippen molar-refractivity contribution in [2.75, 3.05) is 13.2 Å². The highest BCUT2D eigenvalue weighted by Gasteiger charge is 2.04. The highest BCUT2D eigenvalue weighted by atomic mass is 16.5. The Morgan fingerprint density at radius 2 is 2.24 bits per heavy atom. The second-order valence-corrected chi connectivity index (χ2v) is 3.76. The maximum atomic E-state index is 11.1. The van der Waals surface area contributed by atoms with Crippen molar-refractivity contribution < 1.29 is 9.53 Å². The summed E-state index contributed by atoms with van der Waals surface area (Å²) in [6.07, 6.45) is 2.42. The number of H-pyrrole nitrogens is 1. The van der Waals surface area contributed by atoms with Crippen LogP contribution in [-0.2, 0) is 11.2 Å². The molecular weight excluding hydrogens is 216 g/mol. The third kappa shape index (κ3) is 2.78. The van der Waals surface area contributed by atoms with Crippen molar-refractivity contribution in [2.24, 2.45) is 0 Å². The summed E-state index contributed by atoms with van der Waals surface area (Å²) in [6, 6.07) is 8.13. The van der Waals surface area contributed by atoms with Crippen molar-refractivity contribution in [3.8, 4) is 0 Å². The zero-order valence-electron chi connectivity index (χ0n) is 9.82. The van der Waals surface area contributed by atoms with Gasteiger partial charge in [0.1, 0.15) is 0 Å². The van der Waals surface area contributed by atoms with Gasteiger partial charge in [-0.3, -0.25) is 0 Å². The Hall–Kier alpha value is -1.97. The first-order chi connectivity index (χ1) is 8.31. The van der Waals surface area contributed by atoms with Gasteiger partial charge in [-0.15, -0.1) is 0 Å². The average molecular weight is 232 g/mol. The standard InChI is InChI=1S/C13H16N2O2/c1-2-17-13(16)14-8-7-10-9-15-12-6-4-3-5-11(10)12/h3-6,9,15H,2,7-8H2,1H3,(H,14,16). The Labute approximate surface area is 100.0 Å². The van der Waals surface area contributed by atoms with E-state index in [1.54, 1.807) is 6.92 Å². The molecule has 0 bridgehead atoms. The Bertz CT molecular complexity index is 505. The van der Waals surface area contributed by atoms with Gasteiger partial charge in [-0.1, -0.05) is 18.2 Å². The number of fused-ring (bicyclic) bond motifs is 1. The first kappa shape index (κ1) is 11.5. The number of carbonyl (C=O) groups is 1. The summed E-state index contributed by atoms with van der Waals surface area (Å²) in [5.74, 6) is 0. The van der Waals surface area contributed by atoms with E-state index in [0.29, 0.717) is 13.2 Å². The molecule has 0 saturated carbocycles. The van der Waals surface area contributed by atoms with E-state index in [-0.39, 0.29) is 6.09 Å². The normalized spacial score (nSPS) is 10.4. The van der Waals surface area contributed by atoms with Crippen LogP contribution in [0.5, 0.6) is 0 Å². The molecule has 1 aromatic carbocycles. The van der Waals surface area contributed by atoms with Gasteiger partial charge < -0.3 is 15.0 Å². The number of nitrogens with one attached hydrogen (secondary N) is 2. The molecule has 0 atom stereocenters. The molecule has 1 amide bonds. The van der Waals surface area contributed by atoms with Crippen molar-refractivity contribution in [3.05, 3.63) is 36.0 Å². The topological polar surface area (TPSA) is 54.1 Å². The van der Waals surface area contributed by atoms with Gasteiger partial charge in [-0.25, -0.2) is 4.79 Å². The average Bonchev–Trinajstić information content (AvgIpc) is 2.73. The van der Waals surface area contributed by atoms with Crippen LogP contribution in [0.2, 0.25) is 0 Å². The number of benzene rings is 1. The third-order valence-electron chi connectivity index (χ3n) is 2.61. The van der Waals surface area contributed by atoms with Gasteiger partial charge in [-0.05, 0) is 25.0 Å². The molecule has 4 heteroatoms. The number of aromatic amines is 1.